The number of hydrogen-bond donors (Lipinski definition) is 2. The van der Waals surface area contributed by atoms with Crippen molar-refractivity contribution in [1.29, 1.82) is 0 Å². The van der Waals surface area contributed by atoms with Crippen molar-refractivity contribution in [3.05, 3.63) is 89.1 Å². The predicted molar refractivity (Wildman–Crippen MR) is 213 cm³/mol. The second-order valence-electron chi connectivity index (χ2n) is 15.3. The maximum Gasteiger partial charge on any atom is 0.496 e. The molecular formula is C40H48BClN8O4. The van der Waals surface area contributed by atoms with Gasteiger partial charge in [-0.05, 0) is 70.6 Å². The van der Waals surface area contributed by atoms with Crippen LogP contribution in [0.5, 0.6) is 0 Å². The molecule has 0 amide bonds. The van der Waals surface area contributed by atoms with Crippen LogP contribution in [-0.2, 0) is 22.2 Å². The smallest absolute Gasteiger partial charge is 0.399 e. The zero-order valence-electron chi connectivity index (χ0n) is 31.4. The number of aliphatic hydroxyl groups is 2. The number of allylic oxidation sites excluding steroid dienone is 2. The van der Waals surface area contributed by atoms with Crippen LogP contribution in [-0.4, -0.2) is 96.8 Å². The van der Waals surface area contributed by atoms with Crippen LogP contribution in [0.1, 0.15) is 75.9 Å². The Morgan fingerprint density at radius 3 is 1.78 bits per heavy atom. The lowest BCUT2D eigenvalue weighted by atomic mass is 9.79. The molecule has 0 saturated carbocycles. The maximum absolute atomic E-state index is 9.62. The van der Waals surface area contributed by atoms with Crippen LogP contribution in [0, 0.1) is 0 Å². The normalized spacial score (nSPS) is 19.9. The Morgan fingerprint density at radius 2 is 1.20 bits per heavy atom. The molecule has 0 unspecified atom stereocenters. The Morgan fingerprint density at radius 1 is 0.685 bits per heavy atom. The van der Waals surface area contributed by atoms with Gasteiger partial charge in [0.2, 0.25) is 0 Å². The third-order valence-corrected chi connectivity index (χ3v) is 11.0. The van der Waals surface area contributed by atoms with Gasteiger partial charge in [0.15, 0.2) is 0 Å². The van der Waals surface area contributed by atoms with E-state index in [9.17, 15) is 10.2 Å². The first-order chi connectivity index (χ1) is 25.9. The van der Waals surface area contributed by atoms with E-state index in [1.807, 2.05) is 12.4 Å². The highest BCUT2D eigenvalue weighted by atomic mass is 35.5. The Hall–Kier alpha value is -4.27. The zero-order valence-corrected chi connectivity index (χ0v) is 32.2. The molecule has 3 saturated heterocycles. The number of fused-ring (bicyclic) bond motifs is 2. The number of anilines is 2. The first kappa shape index (κ1) is 38.0. The molecule has 7 heterocycles. The van der Waals surface area contributed by atoms with Gasteiger partial charge in [-0.3, -0.25) is 19.9 Å². The molecule has 0 radical (unpaired) electrons. The quantitative estimate of drug-likeness (QED) is 0.268. The number of piperidine rings is 2. The van der Waals surface area contributed by atoms with Crippen LogP contribution >= 0.6 is 11.6 Å². The molecule has 3 fully saturated rings. The molecule has 3 aliphatic heterocycles. The predicted octanol–water partition coefficient (Wildman–Crippen LogP) is 5.11. The van der Waals surface area contributed by atoms with Crippen LogP contribution < -0.4 is 15.3 Å². The van der Waals surface area contributed by atoms with Crippen molar-refractivity contribution in [2.24, 2.45) is 0 Å². The van der Waals surface area contributed by atoms with Crippen molar-refractivity contribution in [2.75, 3.05) is 36.0 Å². The summed E-state index contributed by atoms with van der Waals surface area (Å²) in [5.74, 6) is 1.67. The largest absolute Gasteiger partial charge is 0.496 e. The van der Waals surface area contributed by atoms with Crippen LogP contribution in [0.15, 0.2) is 61.5 Å². The molecule has 4 aromatic heterocycles. The second kappa shape index (κ2) is 16.2. The summed E-state index contributed by atoms with van der Waals surface area (Å²) in [6.45, 7) is 11.5. The highest BCUT2D eigenvalue weighted by molar-refractivity contribution is 6.62. The molecule has 0 aromatic carbocycles. The molecule has 0 atom stereocenters. The van der Waals surface area contributed by atoms with Crippen molar-refractivity contribution in [3.8, 4) is 11.3 Å². The summed E-state index contributed by atoms with van der Waals surface area (Å²) in [5.41, 5.74) is 6.86. The van der Waals surface area contributed by atoms with E-state index < -0.39 is 0 Å². The first-order valence-corrected chi connectivity index (χ1v) is 19.1. The van der Waals surface area contributed by atoms with Crippen molar-refractivity contribution >= 4 is 48.0 Å². The van der Waals surface area contributed by atoms with Gasteiger partial charge in [0.05, 0.1) is 65.3 Å². The molecule has 2 N–H and O–H groups in total. The van der Waals surface area contributed by atoms with E-state index >= 15 is 0 Å². The Kier molecular flexibility index (Phi) is 11.4. The number of aliphatic hydroxyl groups excluding tert-OH is 2. The van der Waals surface area contributed by atoms with Crippen molar-refractivity contribution in [3.63, 3.8) is 0 Å². The maximum atomic E-state index is 9.62. The van der Waals surface area contributed by atoms with Crippen LogP contribution in [0.3, 0.4) is 0 Å². The molecule has 14 heteroatoms. The molecule has 5 aliphatic rings. The SMILES string of the molecule is CC1(C)OB(c2cnc3c(c2)C=CC3)OC1(C)C.OC1CCN(c2cncc(-c3cnc4c(c3)C=CC4)n2)CC1.OC1CCN(c2cncc(Cl)n2)CC1. The van der Waals surface area contributed by atoms with E-state index in [1.54, 1.807) is 18.6 Å². The van der Waals surface area contributed by atoms with Gasteiger partial charge in [-0.2, -0.15) is 0 Å². The monoisotopic (exact) mass is 750 g/mol. The van der Waals surface area contributed by atoms with E-state index in [0.717, 1.165) is 104 Å². The van der Waals surface area contributed by atoms with Gasteiger partial charge in [0, 0.05) is 62.4 Å². The van der Waals surface area contributed by atoms with Gasteiger partial charge in [-0.15, -0.1) is 0 Å². The van der Waals surface area contributed by atoms with Crippen molar-refractivity contribution < 1.29 is 19.5 Å². The van der Waals surface area contributed by atoms with Crippen molar-refractivity contribution in [1.82, 2.24) is 29.9 Å². The number of hydrogen-bond acceptors (Lipinski definition) is 12. The number of rotatable bonds is 4. The van der Waals surface area contributed by atoms with Gasteiger partial charge < -0.3 is 29.3 Å². The summed E-state index contributed by atoms with van der Waals surface area (Å²) >= 11 is 5.74. The fourth-order valence-electron chi connectivity index (χ4n) is 6.83. The van der Waals surface area contributed by atoms with Gasteiger partial charge in [0.25, 0.3) is 0 Å². The number of nitrogens with zero attached hydrogens (tertiary/aromatic N) is 8. The molecule has 0 bridgehead atoms. The summed E-state index contributed by atoms with van der Waals surface area (Å²) in [6.07, 6.45) is 23.7. The number of aromatic nitrogens is 6. The fraction of sp³-hybridized carbons (Fsp3) is 0.450. The molecule has 9 rings (SSSR count). The molecule has 12 nitrogen and oxygen atoms in total. The van der Waals surface area contributed by atoms with Crippen molar-refractivity contribution in [2.45, 2.75) is 89.6 Å². The average Bonchev–Trinajstić information content (AvgIpc) is 3.89. The highest BCUT2D eigenvalue weighted by Crippen LogP contribution is 2.36. The molecule has 282 valence electrons. The van der Waals surface area contributed by atoms with E-state index in [-0.39, 0.29) is 30.5 Å². The number of halogens is 1. The minimum atomic E-state index is -0.318. The summed E-state index contributed by atoms with van der Waals surface area (Å²) in [6, 6.07) is 4.24. The zero-order chi connectivity index (χ0) is 37.9. The van der Waals surface area contributed by atoms with Crippen LogP contribution in [0.25, 0.3) is 23.4 Å². The van der Waals surface area contributed by atoms with Gasteiger partial charge in [0.1, 0.15) is 16.8 Å². The number of pyridine rings is 2. The van der Waals surface area contributed by atoms with Gasteiger partial charge in [-0.1, -0.05) is 42.0 Å². The standard InChI is InChI=1S/C17H18N4O.C14H18BNO2.C9H12ClN3O/c22-14-4-6-21(7-5-14)17-11-18-10-16(20-17)13-8-12-2-1-3-15(12)19-9-13;1-13(2)14(3,4)18-15(17-13)11-8-10-6-5-7-12(10)16-9-11;10-8-5-11-6-9(12-8)13-3-1-7(14)2-4-13/h1-2,8-11,14,22H,3-7H2;5-6,8-9H,7H2,1-4H3;5-7,14H,1-4H2. The third-order valence-electron chi connectivity index (χ3n) is 10.9. The highest BCUT2D eigenvalue weighted by Gasteiger charge is 2.52. The summed E-state index contributed by atoms with van der Waals surface area (Å²) < 4.78 is 12.0. The first-order valence-electron chi connectivity index (χ1n) is 18.8. The molecule has 0 spiro atoms. The lowest BCUT2D eigenvalue weighted by Gasteiger charge is -2.32. The van der Waals surface area contributed by atoms with Crippen LogP contribution in [0.2, 0.25) is 5.15 Å². The summed E-state index contributed by atoms with van der Waals surface area (Å²) in [4.78, 5) is 30.5. The second-order valence-corrected chi connectivity index (χ2v) is 15.7. The van der Waals surface area contributed by atoms with E-state index in [4.69, 9.17) is 25.9 Å². The van der Waals surface area contributed by atoms with Gasteiger partial charge in [-0.25, -0.2) is 9.97 Å². The lowest BCUT2D eigenvalue weighted by molar-refractivity contribution is 0.00578. The molecule has 4 aromatic rings. The molecule has 2 aliphatic carbocycles. The Labute approximate surface area is 322 Å². The fourth-order valence-corrected chi connectivity index (χ4v) is 6.98. The lowest BCUT2D eigenvalue weighted by Crippen LogP contribution is -2.41. The van der Waals surface area contributed by atoms with Gasteiger partial charge >= 0.3 is 7.12 Å². The molecular weight excluding hydrogens is 703 g/mol. The Bertz CT molecular complexity index is 1980. The minimum absolute atomic E-state index is 0.168. The Balaban J connectivity index is 0.000000128. The third kappa shape index (κ3) is 8.82. The summed E-state index contributed by atoms with van der Waals surface area (Å²) in [7, 11) is -0.318. The summed E-state index contributed by atoms with van der Waals surface area (Å²) in [5, 5.41) is 19.4. The topological polar surface area (TPSA) is 143 Å². The molecule has 54 heavy (non-hydrogen) atoms. The van der Waals surface area contributed by atoms with E-state index in [2.05, 4.69) is 98.9 Å². The van der Waals surface area contributed by atoms with E-state index in [0.29, 0.717) is 5.15 Å². The minimum Gasteiger partial charge on any atom is -0.399 e. The van der Waals surface area contributed by atoms with Crippen LogP contribution in [0.4, 0.5) is 11.6 Å². The van der Waals surface area contributed by atoms with E-state index in [1.165, 1.54) is 17.3 Å². The average molecular weight is 751 g/mol.